The number of hydrogen-bond donors (Lipinski definition) is 1. The lowest BCUT2D eigenvalue weighted by atomic mass is 9.98. The van der Waals surface area contributed by atoms with Crippen LogP contribution in [0.25, 0.3) is 21.9 Å². The zero-order chi connectivity index (χ0) is 24.1. The number of para-hydroxylation sites is 1. The first-order chi connectivity index (χ1) is 15.5. The molecule has 0 bridgehead atoms. The molecule has 4 aromatic rings. The van der Waals surface area contributed by atoms with Crippen LogP contribution in [-0.2, 0) is 6.18 Å². The van der Waals surface area contributed by atoms with Crippen LogP contribution in [0.1, 0.15) is 15.9 Å². The topological polar surface area (TPSA) is 79.8 Å². The molecule has 0 fully saturated rings. The number of rotatable bonds is 4. The van der Waals surface area contributed by atoms with Crippen LogP contribution < -0.4 is 9.80 Å². The molecule has 2 aromatic carbocycles. The highest BCUT2D eigenvalue weighted by Gasteiger charge is 2.41. The predicted molar refractivity (Wildman–Crippen MR) is 108 cm³/mol. The average molecular weight is 507 g/mol. The van der Waals surface area contributed by atoms with E-state index in [-0.39, 0.29) is 27.1 Å². The molecule has 0 aliphatic heterocycles. The molecule has 6 nitrogen and oxygen atoms in total. The molecule has 33 heavy (non-hydrogen) atoms. The van der Waals surface area contributed by atoms with Gasteiger partial charge in [-0.05, 0) is 12.1 Å². The maximum atomic E-state index is 14.0. The van der Waals surface area contributed by atoms with Gasteiger partial charge in [-0.15, -0.1) is 0 Å². The number of amides is 1. The quantitative estimate of drug-likeness (QED) is 0.281. The number of hydrogen-bond acceptors (Lipinski definition) is 5. The molecule has 2 aromatic heterocycles. The van der Waals surface area contributed by atoms with E-state index >= 15 is 0 Å². The number of nitrogens with one attached hydrogen (secondary N) is 1. The third kappa shape index (κ3) is 4.08. The molecule has 0 radical (unpaired) electrons. The van der Waals surface area contributed by atoms with E-state index < -0.39 is 57.3 Å². The summed E-state index contributed by atoms with van der Waals surface area (Å²) in [6.07, 6.45) is -3.26. The number of halogens is 7. The van der Waals surface area contributed by atoms with Gasteiger partial charge in [-0.3, -0.25) is 10.0 Å². The smallest absolute Gasteiger partial charge is 0.417 e. The number of carbonyl (C=O) groups is 1. The summed E-state index contributed by atoms with van der Waals surface area (Å²) in [6, 6.07) is 5.75. The Morgan fingerprint density at radius 2 is 1.79 bits per heavy atom. The molecule has 172 valence electrons. The summed E-state index contributed by atoms with van der Waals surface area (Å²) < 4.78 is 77.5. The lowest BCUT2D eigenvalue weighted by Crippen LogP contribution is -3.05. The summed E-state index contributed by atoms with van der Waals surface area (Å²) in [5, 5.41) is 10.2. The fourth-order valence-corrected chi connectivity index (χ4v) is 3.91. The van der Waals surface area contributed by atoms with Crippen LogP contribution in [0, 0.1) is 5.21 Å². The number of hydroxylamine groups is 1. The van der Waals surface area contributed by atoms with Crippen molar-refractivity contribution < 1.29 is 41.0 Å². The van der Waals surface area contributed by atoms with Gasteiger partial charge in [0.05, 0.1) is 18.0 Å². The highest BCUT2D eigenvalue weighted by molar-refractivity contribution is 6.38. The van der Waals surface area contributed by atoms with Crippen LogP contribution in [0.3, 0.4) is 0 Å². The van der Waals surface area contributed by atoms with Gasteiger partial charge in [-0.2, -0.15) is 22.0 Å². The number of furan rings is 1. The number of aromatic nitrogens is 1. The number of carbonyl (C=O) groups excluding carboxylic acids is 1. The third-order valence-corrected chi connectivity index (χ3v) is 5.22. The van der Waals surface area contributed by atoms with Gasteiger partial charge >= 0.3 is 18.7 Å². The van der Waals surface area contributed by atoms with Crippen LogP contribution in [0.2, 0.25) is 10.0 Å². The molecule has 0 saturated heterocycles. The van der Waals surface area contributed by atoms with Crippen molar-refractivity contribution in [3.8, 4) is 5.75 Å². The summed E-state index contributed by atoms with van der Waals surface area (Å²) in [5.74, 6) is -2.58. The molecule has 0 aliphatic carbocycles. The van der Waals surface area contributed by atoms with E-state index in [1.807, 2.05) is 0 Å². The standard InChI is InChI=1S/C20H9Cl2F5N2O4/c21-10-6-28-7-11(22)16(10)29(31)18(30)15-9(20(25,26)27)5-13(33-19(23)24)17-14(15)8-3-1-2-4-12(8)32-17/h1-7,19,29H. The summed E-state index contributed by atoms with van der Waals surface area (Å²) in [4.78, 5) is 16.8. The van der Waals surface area contributed by atoms with Crippen LogP contribution in [0.4, 0.5) is 27.6 Å². The van der Waals surface area contributed by atoms with Gasteiger partial charge in [0.15, 0.2) is 17.0 Å². The Hall–Kier alpha value is -2.99. The second-order valence-electron chi connectivity index (χ2n) is 6.61. The maximum Gasteiger partial charge on any atom is 0.417 e. The molecule has 1 amide bonds. The molecule has 2 heterocycles. The zero-order valence-corrected chi connectivity index (χ0v) is 17.4. The molecular formula is C20H9Cl2F5N2O4. The Balaban J connectivity index is 2.09. The Morgan fingerprint density at radius 1 is 1.15 bits per heavy atom. The van der Waals surface area contributed by atoms with Gasteiger partial charge < -0.3 is 14.4 Å². The largest absolute Gasteiger partial charge is 0.621 e. The number of quaternary nitrogens is 1. The lowest BCUT2D eigenvalue weighted by Gasteiger charge is -2.23. The number of pyridine rings is 1. The van der Waals surface area contributed by atoms with E-state index in [9.17, 15) is 32.0 Å². The number of alkyl halides is 5. The minimum absolute atomic E-state index is 0.0209. The van der Waals surface area contributed by atoms with E-state index in [1.54, 1.807) is 0 Å². The Morgan fingerprint density at radius 3 is 2.39 bits per heavy atom. The van der Waals surface area contributed by atoms with E-state index in [2.05, 4.69) is 9.72 Å². The number of fused-ring (bicyclic) bond motifs is 3. The molecule has 0 spiro atoms. The minimum Gasteiger partial charge on any atom is -0.621 e. The van der Waals surface area contributed by atoms with E-state index in [1.165, 1.54) is 24.3 Å². The predicted octanol–water partition coefficient (Wildman–Crippen LogP) is 5.76. The van der Waals surface area contributed by atoms with Gasteiger partial charge in [0, 0.05) is 10.8 Å². The first kappa shape index (κ1) is 23.2. The highest BCUT2D eigenvalue weighted by Crippen LogP contribution is 2.44. The van der Waals surface area contributed by atoms with Crippen molar-refractivity contribution in [3.63, 3.8) is 0 Å². The lowest BCUT2D eigenvalue weighted by molar-refractivity contribution is -0.679. The summed E-state index contributed by atoms with van der Waals surface area (Å²) in [5.41, 5.74) is -3.92. The summed E-state index contributed by atoms with van der Waals surface area (Å²) >= 11 is 11.8. The van der Waals surface area contributed by atoms with Gasteiger partial charge in [-0.1, -0.05) is 41.4 Å². The molecule has 13 heteroatoms. The van der Waals surface area contributed by atoms with Crippen LogP contribution in [0.15, 0.2) is 47.1 Å². The first-order valence-corrected chi connectivity index (χ1v) is 9.64. The molecule has 4 rings (SSSR count). The summed E-state index contributed by atoms with van der Waals surface area (Å²) in [7, 11) is 0. The van der Waals surface area contributed by atoms with Gasteiger partial charge in [-0.25, -0.2) is 4.79 Å². The fourth-order valence-electron chi connectivity index (χ4n) is 3.37. The van der Waals surface area contributed by atoms with E-state index in [0.717, 1.165) is 12.4 Å². The van der Waals surface area contributed by atoms with Gasteiger partial charge in [0.25, 0.3) is 0 Å². The molecular weight excluding hydrogens is 498 g/mol. The number of ether oxygens (including phenoxy) is 1. The molecule has 0 saturated carbocycles. The van der Waals surface area contributed by atoms with Crippen molar-refractivity contribution in [1.29, 1.82) is 0 Å². The van der Waals surface area contributed by atoms with E-state index in [4.69, 9.17) is 27.6 Å². The van der Waals surface area contributed by atoms with Gasteiger partial charge in [0.1, 0.15) is 21.2 Å². The second-order valence-corrected chi connectivity index (χ2v) is 7.43. The van der Waals surface area contributed by atoms with E-state index in [0.29, 0.717) is 0 Å². The van der Waals surface area contributed by atoms with Crippen LogP contribution in [0.5, 0.6) is 5.75 Å². The minimum atomic E-state index is -5.23. The van der Waals surface area contributed by atoms with Crippen molar-refractivity contribution in [2.45, 2.75) is 12.8 Å². The number of benzene rings is 2. The molecule has 0 aliphatic rings. The van der Waals surface area contributed by atoms with Crippen LogP contribution >= 0.6 is 23.2 Å². The SMILES string of the molecule is O=C(c1c(C(F)(F)F)cc(OC(F)F)c2oc3ccccc3c12)[NH+]([O-])c1c(Cl)cncc1Cl. The van der Waals surface area contributed by atoms with Crippen molar-refractivity contribution in [2.75, 3.05) is 0 Å². The monoisotopic (exact) mass is 506 g/mol. The normalized spacial score (nSPS) is 13.1. The Bertz CT molecular complexity index is 1370. The second kappa shape index (κ2) is 8.41. The molecule has 1 unspecified atom stereocenters. The Kier molecular flexibility index (Phi) is 5.91. The zero-order valence-electron chi connectivity index (χ0n) is 15.8. The average Bonchev–Trinajstić information content (AvgIpc) is 3.12. The van der Waals surface area contributed by atoms with Gasteiger partial charge in [0.2, 0.25) is 0 Å². The van der Waals surface area contributed by atoms with Crippen molar-refractivity contribution in [2.24, 2.45) is 0 Å². The van der Waals surface area contributed by atoms with Crippen molar-refractivity contribution in [1.82, 2.24) is 4.98 Å². The third-order valence-electron chi connectivity index (χ3n) is 4.65. The molecule has 1 N–H and O–H groups in total. The Labute approximate surface area is 190 Å². The first-order valence-electron chi connectivity index (χ1n) is 8.89. The molecule has 1 atom stereocenters. The number of nitrogens with zero attached hydrogens (tertiary/aromatic N) is 1. The summed E-state index contributed by atoms with van der Waals surface area (Å²) in [6.45, 7) is -3.49. The fraction of sp³-hybridized carbons (Fsp3) is 0.100. The van der Waals surface area contributed by atoms with Crippen molar-refractivity contribution in [3.05, 3.63) is 69.1 Å². The highest BCUT2D eigenvalue weighted by atomic mass is 35.5. The van der Waals surface area contributed by atoms with Crippen molar-refractivity contribution >= 4 is 56.7 Å². The maximum absolute atomic E-state index is 14.0. The van der Waals surface area contributed by atoms with Crippen LogP contribution in [-0.4, -0.2) is 17.5 Å².